The van der Waals surface area contributed by atoms with Gasteiger partial charge < -0.3 is 5.32 Å². The molecule has 1 nitrogen and oxygen atoms in total. The van der Waals surface area contributed by atoms with E-state index < -0.39 is 18.6 Å². The molecule has 0 amide bonds. The Morgan fingerprint density at radius 1 is 1.15 bits per heavy atom. The highest BCUT2D eigenvalue weighted by Crippen LogP contribution is 2.26. The van der Waals surface area contributed by atoms with Gasteiger partial charge in [0.1, 0.15) is 0 Å². The molecule has 4 heteroatoms. The second-order valence-corrected chi connectivity index (χ2v) is 3.29. The van der Waals surface area contributed by atoms with Gasteiger partial charge in [-0.15, -0.1) is 0 Å². The lowest BCUT2D eigenvalue weighted by Crippen LogP contribution is -2.37. The summed E-state index contributed by atoms with van der Waals surface area (Å²) in [5.74, 6) is 0.117. The molecule has 0 aromatic carbocycles. The molecule has 0 rings (SSSR count). The van der Waals surface area contributed by atoms with Crippen molar-refractivity contribution in [2.45, 2.75) is 45.3 Å². The van der Waals surface area contributed by atoms with Gasteiger partial charge in [-0.3, -0.25) is 0 Å². The van der Waals surface area contributed by atoms with Crippen LogP contribution in [0.3, 0.4) is 0 Å². The standard InChI is InChI=1S/C9H18F3N/c1-4-7(5-2)8(13-3)6-9(10,11)12/h7-8,13H,4-6H2,1-3H3. The minimum absolute atomic E-state index is 0.117. The molecule has 0 fully saturated rings. The van der Waals surface area contributed by atoms with E-state index in [1.807, 2.05) is 13.8 Å². The average Bonchev–Trinajstić information content (AvgIpc) is 2.02. The van der Waals surface area contributed by atoms with Gasteiger partial charge in [-0.1, -0.05) is 26.7 Å². The van der Waals surface area contributed by atoms with Crippen molar-refractivity contribution in [2.24, 2.45) is 5.92 Å². The van der Waals surface area contributed by atoms with Crippen molar-refractivity contribution < 1.29 is 13.2 Å². The van der Waals surface area contributed by atoms with Crippen molar-refractivity contribution in [2.75, 3.05) is 7.05 Å². The van der Waals surface area contributed by atoms with E-state index in [0.717, 1.165) is 12.8 Å². The number of halogens is 3. The van der Waals surface area contributed by atoms with E-state index in [4.69, 9.17) is 0 Å². The van der Waals surface area contributed by atoms with Crippen LogP contribution in [0.2, 0.25) is 0 Å². The van der Waals surface area contributed by atoms with Gasteiger partial charge >= 0.3 is 6.18 Å². The summed E-state index contributed by atoms with van der Waals surface area (Å²) in [6.45, 7) is 3.85. The van der Waals surface area contributed by atoms with Crippen LogP contribution in [-0.4, -0.2) is 19.3 Å². The van der Waals surface area contributed by atoms with Gasteiger partial charge in [-0.25, -0.2) is 0 Å². The second-order valence-electron chi connectivity index (χ2n) is 3.29. The summed E-state index contributed by atoms with van der Waals surface area (Å²) in [6, 6.07) is -0.435. The fraction of sp³-hybridized carbons (Fsp3) is 1.00. The van der Waals surface area contributed by atoms with Crippen LogP contribution in [0.1, 0.15) is 33.1 Å². The van der Waals surface area contributed by atoms with Gasteiger partial charge in [0.2, 0.25) is 0 Å². The molecule has 0 aliphatic carbocycles. The molecular formula is C9H18F3N. The predicted octanol–water partition coefficient (Wildman–Crippen LogP) is 2.96. The largest absolute Gasteiger partial charge is 0.390 e. The molecule has 0 heterocycles. The van der Waals surface area contributed by atoms with Gasteiger partial charge in [0.25, 0.3) is 0 Å². The molecule has 0 saturated heterocycles. The summed E-state index contributed by atoms with van der Waals surface area (Å²) in [4.78, 5) is 0. The molecule has 0 radical (unpaired) electrons. The van der Waals surface area contributed by atoms with E-state index in [2.05, 4.69) is 5.32 Å². The first-order chi connectivity index (χ1) is 5.94. The Balaban J connectivity index is 4.15. The van der Waals surface area contributed by atoms with Crippen molar-refractivity contribution in [1.82, 2.24) is 5.32 Å². The summed E-state index contributed by atoms with van der Waals surface area (Å²) in [5.41, 5.74) is 0. The first-order valence-corrected chi connectivity index (χ1v) is 4.68. The maximum absolute atomic E-state index is 12.1. The summed E-state index contributed by atoms with van der Waals surface area (Å²) in [6.07, 6.45) is -3.21. The normalized spacial score (nSPS) is 15.0. The molecule has 0 aliphatic rings. The molecule has 1 N–H and O–H groups in total. The molecule has 1 atom stereocenters. The van der Waals surface area contributed by atoms with Crippen LogP contribution in [0.5, 0.6) is 0 Å². The van der Waals surface area contributed by atoms with Crippen molar-refractivity contribution in [3.8, 4) is 0 Å². The van der Waals surface area contributed by atoms with Gasteiger partial charge in [0.05, 0.1) is 6.42 Å². The van der Waals surface area contributed by atoms with Crippen LogP contribution in [0.25, 0.3) is 0 Å². The van der Waals surface area contributed by atoms with Crippen molar-refractivity contribution in [3.63, 3.8) is 0 Å². The smallest absolute Gasteiger partial charge is 0.316 e. The van der Waals surface area contributed by atoms with Crippen molar-refractivity contribution in [1.29, 1.82) is 0 Å². The Morgan fingerprint density at radius 3 is 1.85 bits per heavy atom. The zero-order valence-electron chi connectivity index (χ0n) is 8.41. The average molecular weight is 197 g/mol. The van der Waals surface area contributed by atoms with E-state index in [1.54, 1.807) is 7.05 Å². The lowest BCUT2D eigenvalue weighted by Gasteiger charge is -2.25. The molecule has 0 aromatic rings. The van der Waals surface area contributed by atoms with E-state index in [0.29, 0.717) is 0 Å². The minimum atomic E-state index is -4.06. The number of nitrogens with one attached hydrogen (secondary N) is 1. The fourth-order valence-electron chi connectivity index (χ4n) is 1.61. The highest BCUT2D eigenvalue weighted by atomic mass is 19.4. The first-order valence-electron chi connectivity index (χ1n) is 4.68. The molecule has 80 valence electrons. The molecule has 0 aromatic heterocycles. The number of hydrogen-bond acceptors (Lipinski definition) is 1. The van der Waals surface area contributed by atoms with Crippen LogP contribution in [0.4, 0.5) is 13.2 Å². The Morgan fingerprint density at radius 2 is 1.62 bits per heavy atom. The van der Waals surface area contributed by atoms with Gasteiger partial charge in [0.15, 0.2) is 0 Å². The Hall–Kier alpha value is -0.250. The van der Waals surface area contributed by atoms with Crippen LogP contribution >= 0.6 is 0 Å². The molecular weight excluding hydrogens is 179 g/mol. The molecule has 0 bridgehead atoms. The highest BCUT2D eigenvalue weighted by Gasteiger charge is 2.33. The summed E-state index contributed by atoms with van der Waals surface area (Å²) >= 11 is 0. The zero-order chi connectivity index (χ0) is 10.5. The van der Waals surface area contributed by atoms with E-state index in [9.17, 15) is 13.2 Å². The SMILES string of the molecule is CCC(CC)C(CC(F)(F)F)NC. The summed E-state index contributed by atoms with van der Waals surface area (Å²) < 4.78 is 36.3. The lowest BCUT2D eigenvalue weighted by atomic mass is 9.92. The van der Waals surface area contributed by atoms with Gasteiger partial charge in [-0.2, -0.15) is 13.2 Å². The molecule has 1 unspecified atom stereocenters. The van der Waals surface area contributed by atoms with Gasteiger partial charge in [-0.05, 0) is 13.0 Å². The van der Waals surface area contributed by atoms with Crippen LogP contribution < -0.4 is 5.32 Å². The van der Waals surface area contributed by atoms with E-state index >= 15 is 0 Å². The highest BCUT2D eigenvalue weighted by molar-refractivity contribution is 4.76. The maximum atomic E-state index is 12.1. The summed E-state index contributed by atoms with van der Waals surface area (Å²) in [7, 11) is 1.59. The zero-order valence-corrected chi connectivity index (χ0v) is 8.41. The third-order valence-electron chi connectivity index (χ3n) is 2.44. The molecule has 0 saturated carbocycles. The van der Waals surface area contributed by atoms with Gasteiger partial charge in [0, 0.05) is 6.04 Å². The van der Waals surface area contributed by atoms with Crippen LogP contribution in [0.15, 0.2) is 0 Å². The van der Waals surface area contributed by atoms with Crippen molar-refractivity contribution >= 4 is 0 Å². The Bertz CT molecular complexity index is 129. The number of rotatable bonds is 5. The third kappa shape index (κ3) is 5.13. The van der Waals surface area contributed by atoms with E-state index in [-0.39, 0.29) is 5.92 Å². The monoisotopic (exact) mass is 197 g/mol. The summed E-state index contributed by atoms with van der Waals surface area (Å²) in [5, 5.41) is 2.74. The quantitative estimate of drug-likeness (QED) is 0.714. The third-order valence-corrected chi connectivity index (χ3v) is 2.44. The Labute approximate surface area is 77.7 Å². The van der Waals surface area contributed by atoms with Crippen molar-refractivity contribution in [3.05, 3.63) is 0 Å². The van der Waals surface area contributed by atoms with Crippen LogP contribution in [-0.2, 0) is 0 Å². The topological polar surface area (TPSA) is 12.0 Å². The maximum Gasteiger partial charge on any atom is 0.390 e. The number of hydrogen-bond donors (Lipinski definition) is 1. The predicted molar refractivity (Wildman–Crippen MR) is 47.6 cm³/mol. The lowest BCUT2D eigenvalue weighted by molar-refractivity contribution is -0.142. The molecule has 13 heavy (non-hydrogen) atoms. The molecule has 0 spiro atoms. The first kappa shape index (κ1) is 12.8. The van der Waals surface area contributed by atoms with E-state index in [1.165, 1.54) is 0 Å². The Kier molecular flexibility index (Phi) is 5.37. The number of alkyl halides is 3. The fourth-order valence-corrected chi connectivity index (χ4v) is 1.61. The molecule has 0 aliphatic heterocycles. The minimum Gasteiger partial charge on any atom is -0.316 e. The van der Waals surface area contributed by atoms with Crippen LogP contribution in [0, 0.1) is 5.92 Å². The second kappa shape index (κ2) is 5.47.